The van der Waals surface area contributed by atoms with E-state index in [0.29, 0.717) is 12.1 Å². The molecule has 1 aromatic carbocycles. The highest BCUT2D eigenvalue weighted by Gasteiger charge is 2.24. The zero-order valence-corrected chi connectivity index (χ0v) is 12.4. The van der Waals surface area contributed by atoms with Gasteiger partial charge in [-0.15, -0.1) is 0 Å². The van der Waals surface area contributed by atoms with Crippen LogP contribution in [-0.4, -0.2) is 37.7 Å². The second kappa shape index (κ2) is 6.92. The summed E-state index contributed by atoms with van der Waals surface area (Å²) in [6, 6.07) is 9.46. The third kappa shape index (κ3) is 3.48. The van der Waals surface area contributed by atoms with Crippen LogP contribution in [0.2, 0.25) is 0 Å². The topological polar surface area (TPSA) is 24.5 Å². The predicted octanol–water partition coefficient (Wildman–Crippen LogP) is 2.83. The van der Waals surface area contributed by atoms with Gasteiger partial charge >= 0.3 is 0 Å². The van der Waals surface area contributed by atoms with Crippen LogP contribution in [0.25, 0.3) is 0 Å². The Morgan fingerprint density at radius 2 is 2.21 bits per heavy atom. The normalized spacial score (nSPS) is 22.2. The Kier molecular flexibility index (Phi) is 5.23. The molecule has 0 aliphatic carbocycles. The van der Waals surface area contributed by atoms with Gasteiger partial charge in [0.15, 0.2) is 0 Å². The summed E-state index contributed by atoms with van der Waals surface area (Å²) >= 11 is 0. The van der Waals surface area contributed by atoms with Crippen LogP contribution in [0.5, 0.6) is 5.75 Å². The van der Waals surface area contributed by atoms with Crippen molar-refractivity contribution in [1.82, 2.24) is 10.2 Å². The Labute approximate surface area is 116 Å². The smallest absolute Gasteiger partial charge is 0.124 e. The monoisotopic (exact) mass is 262 g/mol. The van der Waals surface area contributed by atoms with Gasteiger partial charge in [-0.05, 0) is 46.3 Å². The van der Waals surface area contributed by atoms with Crippen LogP contribution in [-0.2, 0) is 0 Å². The van der Waals surface area contributed by atoms with Gasteiger partial charge in [0.05, 0.1) is 6.61 Å². The number of nitrogens with zero attached hydrogens (tertiary/aromatic N) is 1. The molecule has 1 fully saturated rings. The van der Waals surface area contributed by atoms with Gasteiger partial charge in [-0.2, -0.15) is 0 Å². The van der Waals surface area contributed by atoms with E-state index < -0.39 is 0 Å². The number of piperidine rings is 1. The Morgan fingerprint density at radius 1 is 1.42 bits per heavy atom. The number of hydrogen-bond acceptors (Lipinski definition) is 3. The maximum atomic E-state index is 5.76. The van der Waals surface area contributed by atoms with Crippen molar-refractivity contribution in [2.45, 2.75) is 38.8 Å². The summed E-state index contributed by atoms with van der Waals surface area (Å²) in [5, 5.41) is 3.41. The Hall–Kier alpha value is -1.06. The fourth-order valence-electron chi connectivity index (χ4n) is 2.90. The average Bonchev–Trinajstić information content (AvgIpc) is 2.47. The van der Waals surface area contributed by atoms with E-state index in [2.05, 4.69) is 42.4 Å². The highest BCUT2D eigenvalue weighted by atomic mass is 16.5. The lowest BCUT2D eigenvalue weighted by atomic mass is 10.00. The van der Waals surface area contributed by atoms with Gasteiger partial charge < -0.3 is 10.1 Å². The second-order valence-corrected chi connectivity index (χ2v) is 5.27. The lowest BCUT2D eigenvalue weighted by molar-refractivity contribution is 0.146. The SMILES string of the molecule is CCOc1ccccc1C(C)N1CCCC(NC)C1. The molecule has 0 saturated carbocycles. The number of rotatable bonds is 5. The summed E-state index contributed by atoms with van der Waals surface area (Å²) in [5.41, 5.74) is 1.31. The van der Waals surface area contributed by atoms with Crippen molar-refractivity contribution in [3.05, 3.63) is 29.8 Å². The molecule has 1 saturated heterocycles. The molecule has 3 heteroatoms. The fourth-order valence-corrected chi connectivity index (χ4v) is 2.90. The van der Waals surface area contributed by atoms with E-state index in [1.54, 1.807) is 0 Å². The summed E-state index contributed by atoms with van der Waals surface area (Å²) in [4.78, 5) is 2.56. The van der Waals surface area contributed by atoms with E-state index in [9.17, 15) is 0 Å². The van der Waals surface area contributed by atoms with Crippen molar-refractivity contribution < 1.29 is 4.74 Å². The minimum absolute atomic E-state index is 0.416. The van der Waals surface area contributed by atoms with E-state index in [0.717, 1.165) is 18.9 Å². The molecular weight excluding hydrogens is 236 g/mol. The average molecular weight is 262 g/mol. The lowest BCUT2D eigenvalue weighted by Crippen LogP contribution is -2.45. The maximum absolute atomic E-state index is 5.76. The first kappa shape index (κ1) is 14.4. The van der Waals surface area contributed by atoms with Crippen molar-refractivity contribution >= 4 is 0 Å². The second-order valence-electron chi connectivity index (χ2n) is 5.27. The molecule has 1 aromatic rings. The predicted molar refractivity (Wildman–Crippen MR) is 79.7 cm³/mol. The molecule has 2 rings (SSSR count). The van der Waals surface area contributed by atoms with Gasteiger partial charge in [0.2, 0.25) is 0 Å². The van der Waals surface area contributed by atoms with E-state index in [1.165, 1.54) is 24.9 Å². The minimum Gasteiger partial charge on any atom is -0.494 e. The standard InChI is InChI=1S/C16H26N2O/c1-4-19-16-10-6-5-9-15(16)13(2)18-11-7-8-14(12-18)17-3/h5-6,9-10,13-14,17H,4,7-8,11-12H2,1-3H3. The molecule has 0 spiro atoms. The van der Waals surface area contributed by atoms with Crippen molar-refractivity contribution in [2.24, 2.45) is 0 Å². The van der Waals surface area contributed by atoms with E-state index in [1.807, 2.05) is 13.0 Å². The van der Waals surface area contributed by atoms with Crippen molar-refractivity contribution in [1.29, 1.82) is 0 Å². The Balaban J connectivity index is 2.12. The van der Waals surface area contributed by atoms with Gasteiger partial charge in [0.25, 0.3) is 0 Å². The summed E-state index contributed by atoms with van der Waals surface area (Å²) < 4.78 is 5.76. The molecule has 0 radical (unpaired) electrons. The molecule has 1 aliphatic heterocycles. The van der Waals surface area contributed by atoms with Crippen molar-refractivity contribution in [2.75, 3.05) is 26.7 Å². The first-order chi connectivity index (χ1) is 9.26. The number of benzene rings is 1. The summed E-state index contributed by atoms with van der Waals surface area (Å²) in [5.74, 6) is 1.03. The van der Waals surface area contributed by atoms with Crippen LogP contribution in [0.3, 0.4) is 0 Å². The van der Waals surface area contributed by atoms with Crippen LogP contribution in [0.4, 0.5) is 0 Å². The Morgan fingerprint density at radius 3 is 2.95 bits per heavy atom. The highest BCUT2D eigenvalue weighted by molar-refractivity contribution is 5.35. The molecular formula is C16H26N2O. The molecule has 1 N–H and O–H groups in total. The van der Waals surface area contributed by atoms with Crippen LogP contribution < -0.4 is 10.1 Å². The van der Waals surface area contributed by atoms with Gasteiger partial charge in [-0.1, -0.05) is 18.2 Å². The maximum Gasteiger partial charge on any atom is 0.124 e. The minimum atomic E-state index is 0.416. The number of likely N-dealkylation sites (N-methyl/N-ethyl adjacent to an activating group) is 1. The van der Waals surface area contributed by atoms with Crippen molar-refractivity contribution in [3.63, 3.8) is 0 Å². The first-order valence-electron chi connectivity index (χ1n) is 7.39. The quantitative estimate of drug-likeness (QED) is 0.883. The van der Waals surface area contributed by atoms with Crippen LogP contribution in [0.1, 0.15) is 38.3 Å². The summed E-state index contributed by atoms with van der Waals surface area (Å²) in [7, 11) is 2.06. The first-order valence-corrected chi connectivity index (χ1v) is 7.39. The largest absolute Gasteiger partial charge is 0.494 e. The third-order valence-electron chi connectivity index (χ3n) is 4.08. The molecule has 0 bridgehead atoms. The molecule has 19 heavy (non-hydrogen) atoms. The number of para-hydroxylation sites is 1. The number of hydrogen-bond donors (Lipinski definition) is 1. The zero-order valence-electron chi connectivity index (χ0n) is 12.4. The highest BCUT2D eigenvalue weighted by Crippen LogP contribution is 2.30. The number of ether oxygens (including phenoxy) is 1. The van der Waals surface area contributed by atoms with Gasteiger partial charge in [-0.3, -0.25) is 4.90 Å². The van der Waals surface area contributed by atoms with Crippen LogP contribution in [0.15, 0.2) is 24.3 Å². The number of nitrogens with one attached hydrogen (secondary N) is 1. The number of likely N-dealkylation sites (tertiary alicyclic amines) is 1. The van der Waals surface area contributed by atoms with Crippen molar-refractivity contribution in [3.8, 4) is 5.75 Å². The molecule has 1 aliphatic rings. The van der Waals surface area contributed by atoms with E-state index >= 15 is 0 Å². The van der Waals surface area contributed by atoms with Gasteiger partial charge in [0, 0.05) is 24.2 Å². The Bertz CT molecular complexity index is 394. The fraction of sp³-hybridized carbons (Fsp3) is 0.625. The molecule has 106 valence electrons. The lowest BCUT2D eigenvalue weighted by Gasteiger charge is -2.37. The zero-order chi connectivity index (χ0) is 13.7. The molecule has 2 unspecified atom stereocenters. The van der Waals surface area contributed by atoms with Crippen LogP contribution in [0, 0.1) is 0 Å². The molecule has 1 heterocycles. The third-order valence-corrected chi connectivity index (χ3v) is 4.08. The molecule has 3 nitrogen and oxygen atoms in total. The van der Waals surface area contributed by atoms with E-state index in [-0.39, 0.29) is 0 Å². The molecule has 0 amide bonds. The van der Waals surface area contributed by atoms with E-state index in [4.69, 9.17) is 4.74 Å². The van der Waals surface area contributed by atoms with Crippen LogP contribution >= 0.6 is 0 Å². The molecule has 2 atom stereocenters. The molecule has 0 aromatic heterocycles. The van der Waals surface area contributed by atoms with Gasteiger partial charge in [0.1, 0.15) is 5.75 Å². The summed E-state index contributed by atoms with van der Waals surface area (Å²) in [6.45, 7) is 7.36. The van der Waals surface area contributed by atoms with Gasteiger partial charge in [-0.25, -0.2) is 0 Å². The summed E-state index contributed by atoms with van der Waals surface area (Å²) in [6.07, 6.45) is 2.56.